The van der Waals surface area contributed by atoms with E-state index < -0.39 is 0 Å². The van der Waals surface area contributed by atoms with Gasteiger partial charge in [0, 0.05) is 5.25 Å². The molecule has 0 fully saturated rings. The lowest BCUT2D eigenvalue weighted by Gasteiger charge is -2.21. The molecular weight excluding hydrogens is 208 g/mol. The first-order valence-corrected chi connectivity index (χ1v) is 7.56. The summed E-state index contributed by atoms with van der Waals surface area (Å²) in [6.07, 6.45) is 3.98. The fraction of sp³-hybridized carbons (Fsp3) is 1.00. The molecule has 86 valence electrons. The van der Waals surface area contributed by atoms with Crippen LogP contribution in [0.15, 0.2) is 0 Å². The van der Waals surface area contributed by atoms with E-state index in [0.717, 1.165) is 22.8 Å². The quantitative estimate of drug-likeness (QED) is 0.603. The van der Waals surface area contributed by atoms with E-state index >= 15 is 0 Å². The van der Waals surface area contributed by atoms with E-state index in [4.69, 9.17) is 0 Å². The number of hydrogen-bond donors (Lipinski definition) is 1. The number of rotatable bonds is 8. The van der Waals surface area contributed by atoms with E-state index in [-0.39, 0.29) is 0 Å². The predicted molar refractivity (Wildman–Crippen MR) is 73.6 cm³/mol. The van der Waals surface area contributed by atoms with Gasteiger partial charge in [0.15, 0.2) is 0 Å². The summed E-state index contributed by atoms with van der Waals surface area (Å²) in [4.78, 5) is 0. The van der Waals surface area contributed by atoms with E-state index in [1.165, 1.54) is 25.0 Å². The standard InChI is InChI=1S/C12H26S2/c1-5-10(3)7-8-14-12(6-2)11(4)9-13/h10-13H,5-9H2,1-4H3. The summed E-state index contributed by atoms with van der Waals surface area (Å²) >= 11 is 6.53. The first-order valence-electron chi connectivity index (χ1n) is 5.88. The summed E-state index contributed by atoms with van der Waals surface area (Å²) in [7, 11) is 0. The van der Waals surface area contributed by atoms with Crippen LogP contribution in [0.1, 0.15) is 47.0 Å². The molecule has 0 nitrogen and oxygen atoms in total. The van der Waals surface area contributed by atoms with Crippen molar-refractivity contribution < 1.29 is 0 Å². The number of thioether (sulfide) groups is 1. The maximum Gasteiger partial charge on any atom is 0.00778 e. The summed E-state index contributed by atoms with van der Waals surface area (Å²) in [5.74, 6) is 4.00. The Balaban J connectivity index is 3.62. The molecule has 0 aliphatic carbocycles. The molecule has 0 aliphatic rings. The fourth-order valence-electron chi connectivity index (χ4n) is 1.43. The van der Waals surface area contributed by atoms with Crippen LogP contribution in [0.2, 0.25) is 0 Å². The zero-order chi connectivity index (χ0) is 11.0. The Labute approximate surface area is 100 Å². The molecular formula is C12H26S2. The summed E-state index contributed by atoms with van der Waals surface area (Å²) in [6.45, 7) is 9.24. The first kappa shape index (κ1) is 14.7. The van der Waals surface area contributed by atoms with E-state index in [9.17, 15) is 0 Å². The van der Waals surface area contributed by atoms with Gasteiger partial charge in [0.1, 0.15) is 0 Å². The molecule has 0 aliphatic heterocycles. The molecule has 0 aromatic carbocycles. The van der Waals surface area contributed by atoms with Crippen LogP contribution in [-0.4, -0.2) is 16.8 Å². The summed E-state index contributed by atoms with van der Waals surface area (Å²) < 4.78 is 0. The molecule has 0 heterocycles. The predicted octanol–water partition coefficient (Wildman–Crippen LogP) is 4.50. The lowest BCUT2D eigenvalue weighted by molar-refractivity contribution is 0.545. The topological polar surface area (TPSA) is 0 Å². The number of thiol groups is 1. The van der Waals surface area contributed by atoms with Gasteiger partial charge in [0.2, 0.25) is 0 Å². The first-order chi connectivity index (χ1) is 6.65. The van der Waals surface area contributed by atoms with Crippen molar-refractivity contribution in [2.45, 2.75) is 52.2 Å². The van der Waals surface area contributed by atoms with Crippen LogP contribution in [0.3, 0.4) is 0 Å². The van der Waals surface area contributed by atoms with Crippen LogP contribution in [0.25, 0.3) is 0 Å². The van der Waals surface area contributed by atoms with Gasteiger partial charge in [-0.1, -0.05) is 34.1 Å². The van der Waals surface area contributed by atoms with Crippen molar-refractivity contribution in [1.29, 1.82) is 0 Å². The highest BCUT2D eigenvalue weighted by Crippen LogP contribution is 2.25. The van der Waals surface area contributed by atoms with Crippen molar-refractivity contribution in [2.24, 2.45) is 11.8 Å². The van der Waals surface area contributed by atoms with E-state index in [0.29, 0.717) is 0 Å². The van der Waals surface area contributed by atoms with Crippen molar-refractivity contribution in [1.82, 2.24) is 0 Å². The maximum absolute atomic E-state index is 4.38. The van der Waals surface area contributed by atoms with Crippen LogP contribution in [0.4, 0.5) is 0 Å². The lowest BCUT2D eigenvalue weighted by atomic mass is 10.1. The Morgan fingerprint density at radius 1 is 1.14 bits per heavy atom. The molecule has 0 aromatic heterocycles. The van der Waals surface area contributed by atoms with Gasteiger partial charge in [0.05, 0.1) is 0 Å². The second-order valence-electron chi connectivity index (χ2n) is 4.28. The molecule has 2 heteroatoms. The van der Waals surface area contributed by atoms with Crippen molar-refractivity contribution in [2.75, 3.05) is 11.5 Å². The van der Waals surface area contributed by atoms with Gasteiger partial charge in [-0.05, 0) is 36.2 Å². The molecule has 0 N–H and O–H groups in total. The van der Waals surface area contributed by atoms with Crippen molar-refractivity contribution in [3.05, 3.63) is 0 Å². The Morgan fingerprint density at radius 3 is 2.21 bits per heavy atom. The van der Waals surface area contributed by atoms with Crippen LogP contribution >= 0.6 is 24.4 Å². The molecule has 0 rings (SSSR count). The second-order valence-corrected chi connectivity index (χ2v) is 5.99. The van der Waals surface area contributed by atoms with Gasteiger partial charge in [-0.2, -0.15) is 24.4 Å². The molecule has 3 atom stereocenters. The van der Waals surface area contributed by atoms with Crippen LogP contribution < -0.4 is 0 Å². The van der Waals surface area contributed by atoms with Gasteiger partial charge in [0.25, 0.3) is 0 Å². The third kappa shape index (κ3) is 6.23. The van der Waals surface area contributed by atoms with Gasteiger partial charge in [-0.3, -0.25) is 0 Å². The van der Waals surface area contributed by atoms with Gasteiger partial charge in [-0.25, -0.2) is 0 Å². The molecule has 0 aromatic rings. The molecule has 0 bridgehead atoms. The molecule has 14 heavy (non-hydrogen) atoms. The zero-order valence-electron chi connectivity index (χ0n) is 10.1. The lowest BCUT2D eigenvalue weighted by Crippen LogP contribution is -2.15. The third-order valence-corrected chi connectivity index (χ3v) is 5.24. The van der Waals surface area contributed by atoms with Crippen LogP contribution in [-0.2, 0) is 0 Å². The van der Waals surface area contributed by atoms with Crippen molar-refractivity contribution in [3.63, 3.8) is 0 Å². The minimum absolute atomic E-state index is 0.755. The van der Waals surface area contributed by atoms with E-state index in [1.54, 1.807) is 0 Å². The van der Waals surface area contributed by atoms with Crippen LogP contribution in [0, 0.1) is 11.8 Å². The second kappa shape index (κ2) is 8.96. The Hall–Kier alpha value is 0.700. The minimum atomic E-state index is 0.755. The highest BCUT2D eigenvalue weighted by molar-refractivity contribution is 7.99. The highest BCUT2D eigenvalue weighted by Gasteiger charge is 2.14. The molecule has 0 amide bonds. The Kier molecular flexibility index (Phi) is 9.41. The highest BCUT2D eigenvalue weighted by atomic mass is 32.2. The normalized spacial score (nSPS) is 17.8. The largest absolute Gasteiger partial charge is 0.179 e. The van der Waals surface area contributed by atoms with E-state index in [2.05, 4.69) is 52.1 Å². The van der Waals surface area contributed by atoms with Gasteiger partial charge < -0.3 is 0 Å². The number of hydrogen-bond acceptors (Lipinski definition) is 2. The maximum atomic E-state index is 4.38. The Bertz CT molecular complexity index is 125. The zero-order valence-corrected chi connectivity index (χ0v) is 11.8. The fourth-order valence-corrected chi connectivity index (χ4v) is 3.33. The molecule has 0 radical (unpaired) electrons. The van der Waals surface area contributed by atoms with Gasteiger partial charge in [-0.15, -0.1) is 0 Å². The SMILES string of the molecule is CCC(C)CCSC(CC)C(C)CS. The Morgan fingerprint density at radius 2 is 1.79 bits per heavy atom. The third-order valence-electron chi connectivity index (χ3n) is 2.96. The van der Waals surface area contributed by atoms with Gasteiger partial charge >= 0.3 is 0 Å². The summed E-state index contributed by atoms with van der Waals surface area (Å²) in [5.41, 5.74) is 0. The molecule has 0 saturated heterocycles. The van der Waals surface area contributed by atoms with Crippen molar-refractivity contribution in [3.8, 4) is 0 Å². The van der Waals surface area contributed by atoms with Crippen molar-refractivity contribution >= 4 is 24.4 Å². The van der Waals surface area contributed by atoms with Crippen LogP contribution in [0.5, 0.6) is 0 Å². The summed E-state index contributed by atoms with van der Waals surface area (Å²) in [6, 6.07) is 0. The monoisotopic (exact) mass is 234 g/mol. The molecule has 0 spiro atoms. The average molecular weight is 234 g/mol. The smallest absolute Gasteiger partial charge is 0.00778 e. The molecule has 0 saturated carbocycles. The van der Waals surface area contributed by atoms with E-state index in [1.807, 2.05) is 0 Å². The summed E-state index contributed by atoms with van der Waals surface area (Å²) in [5, 5.41) is 0.816. The molecule has 3 unspecified atom stereocenters. The average Bonchev–Trinajstić information content (AvgIpc) is 2.22. The minimum Gasteiger partial charge on any atom is -0.179 e.